The Labute approximate surface area is 324 Å². The molecule has 0 saturated carbocycles. The van der Waals surface area contributed by atoms with Gasteiger partial charge >= 0.3 is 0 Å². The Kier molecular flexibility index (Phi) is 13.6. The minimum Gasteiger partial charge on any atom is -0.357 e. The molecule has 10 nitrogen and oxygen atoms in total. The molecule has 1 unspecified atom stereocenters. The molecule has 0 bridgehead atoms. The predicted octanol–water partition coefficient (Wildman–Crippen LogP) is 6.05. The fraction of sp³-hybridized carbons (Fsp3) is 0.333. The van der Waals surface area contributed by atoms with Crippen LogP contribution in [0.1, 0.15) is 75.6 Å². The van der Waals surface area contributed by atoms with Crippen molar-refractivity contribution in [1.29, 1.82) is 0 Å². The smallest absolute Gasteiger partial charge is 0.261 e. The Hall–Kier alpha value is -4.94. The number of nitrogens with zero attached hydrogens (tertiary/aromatic N) is 3. The first kappa shape index (κ1) is 38.8. The van der Waals surface area contributed by atoms with E-state index in [1.165, 1.54) is 26.5 Å². The summed E-state index contributed by atoms with van der Waals surface area (Å²) in [5.41, 5.74) is 3.74. The number of rotatable bonds is 16. The van der Waals surface area contributed by atoms with Gasteiger partial charge in [-0.2, -0.15) is 0 Å². The summed E-state index contributed by atoms with van der Waals surface area (Å²) in [4.78, 5) is 75.4. The van der Waals surface area contributed by atoms with Gasteiger partial charge < -0.3 is 15.5 Å². The maximum Gasteiger partial charge on any atom is 0.261 e. The number of aromatic nitrogens is 1. The Morgan fingerprint density at radius 3 is 2.17 bits per heavy atom. The molecule has 1 fully saturated rings. The Balaban J connectivity index is 1.19. The van der Waals surface area contributed by atoms with Gasteiger partial charge in [-0.05, 0) is 67.0 Å². The molecule has 4 aromatic rings. The third kappa shape index (κ3) is 9.58. The fourth-order valence-electron chi connectivity index (χ4n) is 7.10. The van der Waals surface area contributed by atoms with Crippen LogP contribution in [-0.4, -0.2) is 81.8 Å². The second-order valence-corrected chi connectivity index (χ2v) is 16.1. The summed E-state index contributed by atoms with van der Waals surface area (Å²) < 4.78 is 0. The average molecular weight is 764 g/mol. The van der Waals surface area contributed by atoms with E-state index in [0.717, 1.165) is 16.8 Å². The molecule has 280 valence electrons. The van der Waals surface area contributed by atoms with Gasteiger partial charge in [0, 0.05) is 38.5 Å². The van der Waals surface area contributed by atoms with Crippen LogP contribution in [0.15, 0.2) is 109 Å². The molecular weight excluding hydrogens is 719 g/mol. The first-order valence-corrected chi connectivity index (χ1v) is 20.8. The van der Waals surface area contributed by atoms with E-state index in [4.69, 9.17) is 0 Å². The quantitative estimate of drug-likeness (QED) is 0.0803. The first-order chi connectivity index (χ1) is 26.3. The number of likely N-dealkylation sites (N-methyl/N-ethyl adjacent to an activating group) is 1. The summed E-state index contributed by atoms with van der Waals surface area (Å²) in [5, 5.41) is 5.37. The number of carbonyl (C=O) groups excluding carboxylic acids is 5. The number of fused-ring (bicyclic) bond motifs is 1. The van der Waals surface area contributed by atoms with Gasteiger partial charge in [0.05, 0.1) is 22.1 Å². The van der Waals surface area contributed by atoms with Crippen LogP contribution in [0, 0.1) is 0 Å². The molecule has 3 heterocycles. The van der Waals surface area contributed by atoms with Gasteiger partial charge in [-0.15, -0.1) is 0 Å². The van der Waals surface area contributed by atoms with Crippen LogP contribution >= 0.6 is 21.6 Å². The monoisotopic (exact) mass is 763 g/mol. The number of hydrogen-bond donors (Lipinski definition) is 2. The highest BCUT2D eigenvalue weighted by Gasteiger charge is 2.40. The summed E-state index contributed by atoms with van der Waals surface area (Å²) in [6, 6.07) is 30.6. The fourth-order valence-corrected chi connectivity index (χ4v) is 9.66. The second kappa shape index (κ2) is 18.9. The summed E-state index contributed by atoms with van der Waals surface area (Å²) in [6.45, 7) is 0.620. The standard InChI is InChI=1S/C42H45N5O5S2/c1-43-38(48)36(26-29-14-4-2-5-15-29)46-25-22-31(30-16-6-3-7-17-30)27-35(42(46)52)45-39(49)37(54-53-28-32-18-10-12-23-44-32)21-11-13-24-47-40(50)33-19-8-9-20-34(33)41(47)51/h2-10,12,14-20,23,31,35-37H,11,13,21-22,24-28H2,1H3,(H,43,48)(H,45,49)/t31-,35-,36-,37?/m0/s1. The summed E-state index contributed by atoms with van der Waals surface area (Å²) in [5.74, 6) is -0.815. The molecule has 2 aliphatic rings. The maximum atomic E-state index is 14.5. The molecule has 54 heavy (non-hydrogen) atoms. The van der Waals surface area contributed by atoms with Crippen LogP contribution in [0.5, 0.6) is 0 Å². The topological polar surface area (TPSA) is 129 Å². The van der Waals surface area contributed by atoms with Gasteiger partial charge in [0.25, 0.3) is 11.8 Å². The van der Waals surface area contributed by atoms with Gasteiger partial charge in [0.1, 0.15) is 12.1 Å². The van der Waals surface area contributed by atoms with Gasteiger partial charge in [-0.3, -0.25) is 33.9 Å². The number of imide groups is 1. The highest BCUT2D eigenvalue weighted by atomic mass is 33.1. The molecule has 2 N–H and O–H groups in total. The van der Waals surface area contributed by atoms with E-state index < -0.39 is 17.3 Å². The van der Waals surface area contributed by atoms with E-state index in [2.05, 4.69) is 15.6 Å². The van der Waals surface area contributed by atoms with Crippen LogP contribution in [0.4, 0.5) is 0 Å². The SMILES string of the molecule is CNC(=O)[C@H](Cc1ccccc1)N1CC[C@H](c2ccccc2)C[C@H](NC(=O)C(CCCCN2C(=O)c3ccccc3C2=O)SSCc2ccccn2)C1=O. The molecule has 0 radical (unpaired) electrons. The van der Waals surface area contributed by atoms with Crippen molar-refractivity contribution in [3.8, 4) is 0 Å². The van der Waals surface area contributed by atoms with Crippen LogP contribution in [0.3, 0.4) is 0 Å². The average Bonchev–Trinajstić information content (AvgIpc) is 3.33. The van der Waals surface area contributed by atoms with Gasteiger partial charge in [0.2, 0.25) is 17.7 Å². The molecule has 5 amide bonds. The lowest BCUT2D eigenvalue weighted by Crippen LogP contribution is -2.56. The van der Waals surface area contributed by atoms with Crippen LogP contribution in [0.25, 0.3) is 0 Å². The summed E-state index contributed by atoms with van der Waals surface area (Å²) in [6.07, 6.45) is 4.70. The Morgan fingerprint density at radius 2 is 1.50 bits per heavy atom. The number of likely N-dealkylation sites (tertiary alicyclic amines) is 1. The summed E-state index contributed by atoms with van der Waals surface area (Å²) >= 11 is 0. The summed E-state index contributed by atoms with van der Waals surface area (Å²) in [7, 11) is 4.54. The zero-order chi connectivity index (χ0) is 37.9. The van der Waals surface area contributed by atoms with Crippen LogP contribution < -0.4 is 10.6 Å². The molecule has 1 saturated heterocycles. The Bertz CT molecular complexity index is 1880. The number of carbonyl (C=O) groups is 5. The zero-order valence-electron chi connectivity index (χ0n) is 30.3. The van der Waals surface area contributed by atoms with Crippen LogP contribution in [0.2, 0.25) is 0 Å². The molecule has 3 aromatic carbocycles. The largest absolute Gasteiger partial charge is 0.357 e. The molecular formula is C42H45N5O5S2. The third-order valence-corrected chi connectivity index (χ3v) is 12.7. The number of amides is 5. The number of nitrogens with one attached hydrogen (secondary N) is 2. The van der Waals surface area contributed by atoms with Crippen molar-refractivity contribution in [2.24, 2.45) is 0 Å². The molecule has 0 aliphatic carbocycles. The lowest BCUT2D eigenvalue weighted by molar-refractivity contribution is -0.142. The van der Waals surface area contributed by atoms with E-state index in [1.54, 1.807) is 42.4 Å². The van der Waals surface area contributed by atoms with Crippen molar-refractivity contribution < 1.29 is 24.0 Å². The molecule has 6 rings (SSSR count). The molecule has 1 aromatic heterocycles. The maximum absolute atomic E-state index is 14.5. The molecule has 2 aliphatic heterocycles. The van der Waals surface area contributed by atoms with Crippen LogP contribution in [-0.2, 0) is 26.6 Å². The van der Waals surface area contributed by atoms with Gasteiger partial charge in [0.15, 0.2) is 0 Å². The van der Waals surface area contributed by atoms with Crippen molar-refractivity contribution in [2.75, 3.05) is 20.1 Å². The van der Waals surface area contributed by atoms with E-state index in [0.29, 0.717) is 61.9 Å². The normalized spacial score (nSPS) is 18.1. The van der Waals surface area contributed by atoms with E-state index in [1.807, 2.05) is 78.9 Å². The highest BCUT2D eigenvalue weighted by Crippen LogP contribution is 2.34. The van der Waals surface area contributed by atoms with Crippen molar-refractivity contribution in [3.05, 3.63) is 137 Å². The predicted molar refractivity (Wildman–Crippen MR) is 213 cm³/mol. The number of benzene rings is 3. The minimum atomic E-state index is -0.852. The van der Waals surface area contributed by atoms with E-state index >= 15 is 0 Å². The third-order valence-electron chi connectivity index (χ3n) is 9.99. The van der Waals surface area contributed by atoms with Crippen molar-refractivity contribution in [2.45, 2.75) is 67.5 Å². The lowest BCUT2D eigenvalue weighted by atomic mass is 9.90. The van der Waals surface area contributed by atoms with Crippen molar-refractivity contribution >= 4 is 51.1 Å². The van der Waals surface area contributed by atoms with Crippen molar-refractivity contribution in [1.82, 2.24) is 25.4 Å². The first-order valence-electron chi connectivity index (χ1n) is 18.4. The van der Waals surface area contributed by atoms with Gasteiger partial charge in [-0.25, -0.2) is 0 Å². The number of hydrogen-bond acceptors (Lipinski definition) is 8. The number of pyridine rings is 1. The van der Waals surface area contributed by atoms with Gasteiger partial charge in [-0.1, -0.05) is 107 Å². The zero-order valence-corrected chi connectivity index (χ0v) is 31.9. The molecule has 0 spiro atoms. The van der Waals surface area contributed by atoms with E-state index in [-0.39, 0.29) is 42.0 Å². The highest BCUT2D eigenvalue weighted by molar-refractivity contribution is 8.76. The number of unbranched alkanes of at least 4 members (excludes halogenated alkanes) is 1. The lowest BCUT2D eigenvalue weighted by Gasteiger charge is -2.32. The molecule has 12 heteroatoms. The molecule has 4 atom stereocenters. The van der Waals surface area contributed by atoms with Crippen molar-refractivity contribution in [3.63, 3.8) is 0 Å². The minimum absolute atomic E-state index is 0.0168. The van der Waals surface area contributed by atoms with E-state index in [9.17, 15) is 24.0 Å². The Morgan fingerprint density at radius 1 is 0.833 bits per heavy atom. The second-order valence-electron chi connectivity index (χ2n) is 13.5.